The number of furan rings is 1. The molecule has 0 atom stereocenters. The van der Waals surface area contributed by atoms with E-state index in [-0.39, 0.29) is 18.9 Å². The minimum absolute atomic E-state index is 0.0257. The number of pyridine rings is 1. The van der Waals surface area contributed by atoms with E-state index in [0.717, 1.165) is 5.56 Å². The highest BCUT2D eigenvalue weighted by molar-refractivity contribution is 5.97. The fourth-order valence-electron chi connectivity index (χ4n) is 3.10. The number of nitrogens with two attached hydrogens (primary N) is 1. The molecule has 0 aliphatic heterocycles. The van der Waals surface area contributed by atoms with Crippen LogP contribution in [0.2, 0.25) is 0 Å². The molecule has 2 aromatic heterocycles. The molecule has 0 aliphatic rings. The standard InChI is InChI=1S/C24H21N3O6/c25-23(28)17-6-8-18(9-7-17)31-12-11-27(30)24(29)22-13-19-20(4-1-5-21(19)33-22)32-15-16-3-2-10-26-14-16/h1-10,13-14,30H,11-12,15H2,(H2,25,28). The highest BCUT2D eigenvalue weighted by Crippen LogP contribution is 2.29. The second-order valence-electron chi connectivity index (χ2n) is 7.09. The highest BCUT2D eigenvalue weighted by atomic mass is 16.5. The molecule has 0 radical (unpaired) electrons. The number of primary amides is 1. The van der Waals surface area contributed by atoms with Crippen LogP contribution in [0, 0.1) is 0 Å². The van der Waals surface area contributed by atoms with E-state index in [1.807, 2.05) is 12.1 Å². The molecule has 0 unspecified atom stereocenters. The first kappa shape index (κ1) is 21.8. The van der Waals surface area contributed by atoms with Crippen LogP contribution in [0.5, 0.6) is 11.5 Å². The van der Waals surface area contributed by atoms with Gasteiger partial charge in [-0.15, -0.1) is 0 Å². The third-order valence-electron chi connectivity index (χ3n) is 4.79. The molecule has 0 bridgehead atoms. The number of hydrogen-bond acceptors (Lipinski definition) is 7. The van der Waals surface area contributed by atoms with Gasteiger partial charge in [-0.2, -0.15) is 0 Å². The smallest absolute Gasteiger partial charge is 0.313 e. The molecule has 0 saturated heterocycles. The first-order chi connectivity index (χ1) is 16.0. The zero-order valence-electron chi connectivity index (χ0n) is 17.5. The van der Waals surface area contributed by atoms with Gasteiger partial charge in [0.1, 0.15) is 30.3 Å². The van der Waals surface area contributed by atoms with Crippen molar-refractivity contribution in [1.82, 2.24) is 10.0 Å². The summed E-state index contributed by atoms with van der Waals surface area (Å²) in [4.78, 5) is 27.7. The van der Waals surface area contributed by atoms with Gasteiger partial charge >= 0.3 is 5.91 Å². The van der Waals surface area contributed by atoms with Gasteiger partial charge in [-0.3, -0.25) is 19.8 Å². The number of ether oxygens (including phenoxy) is 2. The van der Waals surface area contributed by atoms with Crippen molar-refractivity contribution in [2.24, 2.45) is 5.73 Å². The monoisotopic (exact) mass is 447 g/mol. The van der Waals surface area contributed by atoms with Crippen molar-refractivity contribution in [3.05, 3.63) is 89.9 Å². The maximum absolute atomic E-state index is 12.6. The van der Waals surface area contributed by atoms with E-state index >= 15 is 0 Å². The van der Waals surface area contributed by atoms with Crippen LogP contribution in [0.1, 0.15) is 26.5 Å². The molecular formula is C24H21N3O6. The average molecular weight is 447 g/mol. The summed E-state index contributed by atoms with van der Waals surface area (Å²) in [6, 6.07) is 16.7. The largest absolute Gasteiger partial charge is 0.492 e. The summed E-state index contributed by atoms with van der Waals surface area (Å²) in [6.07, 6.45) is 3.39. The maximum atomic E-state index is 12.6. The number of hydrogen-bond donors (Lipinski definition) is 2. The number of amides is 2. The molecule has 2 heterocycles. The summed E-state index contributed by atoms with van der Waals surface area (Å²) >= 11 is 0. The van der Waals surface area contributed by atoms with Gasteiger partial charge in [-0.1, -0.05) is 12.1 Å². The van der Waals surface area contributed by atoms with Crippen LogP contribution < -0.4 is 15.2 Å². The van der Waals surface area contributed by atoms with E-state index in [4.69, 9.17) is 19.6 Å². The predicted octanol–water partition coefficient (Wildman–Crippen LogP) is 3.42. The summed E-state index contributed by atoms with van der Waals surface area (Å²) < 4.78 is 17.0. The first-order valence-electron chi connectivity index (χ1n) is 10.1. The molecule has 9 nitrogen and oxygen atoms in total. The van der Waals surface area contributed by atoms with Gasteiger partial charge in [-0.25, -0.2) is 5.06 Å². The topological polar surface area (TPSA) is 128 Å². The van der Waals surface area contributed by atoms with Gasteiger partial charge < -0.3 is 19.6 Å². The fourth-order valence-corrected chi connectivity index (χ4v) is 3.10. The number of fused-ring (bicyclic) bond motifs is 1. The third kappa shape index (κ3) is 5.28. The van der Waals surface area contributed by atoms with Crippen molar-refractivity contribution in [3.8, 4) is 11.5 Å². The van der Waals surface area contributed by atoms with E-state index in [0.29, 0.717) is 39.7 Å². The highest BCUT2D eigenvalue weighted by Gasteiger charge is 2.20. The Morgan fingerprint density at radius 1 is 1.06 bits per heavy atom. The van der Waals surface area contributed by atoms with Crippen LogP contribution in [-0.2, 0) is 6.61 Å². The summed E-state index contributed by atoms with van der Waals surface area (Å²) in [7, 11) is 0. The summed E-state index contributed by atoms with van der Waals surface area (Å²) in [5, 5.41) is 11.3. The lowest BCUT2D eigenvalue weighted by atomic mass is 10.2. The number of hydroxylamine groups is 2. The van der Waals surface area contributed by atoms with Gasteiger partial charge in [-0.05, 0) is 42.5 Å². The molecule has 4 aromatic rings. The fraction of sp³-hybridized carbons (Fsp3) is 0.125. The molecule has 4 rings (SSSR count). The Labute approximate surface area is 188 Å². The van der Waals surface area contributed by atoms with Gasteiger partial charge in [0.15, 0.2) is 5.76 Å². The molecule has 0 fully saturated rings. The second-order valence-corrected chi connectivity index (χ2v) is 7.09. The molecule has 0 aliphatic carbocycles. The Bertz CT molecular complexity index is 1250. The number of carbonyl (C=O) groups is 2. The Hall–Kier alpha value is -4.37. The lowest BCUT2D eigenvalue weighted by Gasteiger charge is -2.14. The third-order valence-corrected chi connectivity index (χ3v) is 4.79. The first-order valence-corrected chi connectivity index (χ1v) is 10.1. The Kier molecular flexibility index (Phi) is 6.51. The van der Waals surface area contributed by atoms with Crippen LogP contribution in [-0.4, -0.2) is 40.2 Å². The normalized spacial score (nSPS) is 10.7. The van der Waals surface area contributed by atoms with Crippen LogP contribution >= 0.6 is 0 Å². The molecule has 2 amide bonds. The van der Waals surface area contributed by atoms with Crippen LogP contribution in [0.4, 0.5) is 0 Å². The predicted molar refractivity (Wildman–Crippen MR) is 118 cm³/mol. The molecule has 33 heavy (non-hydrogen) atoms. The van der Waals surface area contributed by atoms with E-state index in [1.165, 1.54) is 18.2 Å². The van der Waals surface area contributed by atoms with Gasteiger partial charge in [0.25, 0.3) is 0 Å². The van der Waals surface area contributed by atoms with Crippen molar-refractivity contribution in [3.63, 3.8) is 0 Å². The average Bonchev–Trinajstić information content (AvgIpc) is 3.28. The zero-order chi connectivity index (χ0) is 23.2. The number of benzene rings is 2. The van der Waals surface area contributed by atoms with Crippen molar-refractivity contribution in [1.29, 1.82) is 0 Å². The van der Waals surface area contributed by atoms with E-state index in [2.05, 4.69) is 4.98 Å². The maximum Gasteiger partial charge on any atom is 0.313 e. The SMILES string of the molecule is NC(=O)c1ccc(OCCN(O)C(=O)c2cc3c(OCc4cccnc4)cccc3o2)cc1. The molecule has 0 spiro atoms. The minimum Gasteiger partial charge on any atom is -0.492 e. The van der Waals surface area contributed by atoms with E-state index < -0.39 is 11.8 Å². The Morgan fingerprint density at radius 3 is 2.61 bits per heavy atom. The zero-order valence-corrected chi connectivity index (χ0v) is 17.5. The lowest BCUT2D eigenvalue weighted by molar-refractivity contribution is -0.0654. The quantitative estimate of drug-likeness (QED) is 0.297. The van der Waals surface area contributed by atoms with Crippen molar-refractivity contribution in [2.45, 2.75) is 6.61 Å². The molecular weight excluding hydrogens is 426 g/mol. The minimum atomic E-state index is -0.711. The van der Waals surface area contributed by atoms with Crippen LogP contribution in [0.15, 0.2) is 77.5 Å². The molecule has 9 heteroatoms. The number of nitrogens with zero attached hydrogens (tertiary/aromatic N) is 2. The molecule has 0 saturated carbocycles. The number of carbonyl (C=O) groups excluding carboxylic acids is 2. The van der Waals surface area contributed by atoms with Crippen molar-refractivity contribution in [2.75, 3.05) is 13.2 Å². The summed E-state index contributed by atoms with van der Waals surface area (Å²) in [5.74, 6) is -0.260. The Balaban J connectivity index is 1.37. The van der Waals surface area contributed by atoms with E-state index in [9.17, 15) is 14.8 Å². The molecule has 2 aromatic carbocycles. The van der Waals surface area contributed by atoms with E-state index in [1.54, 1.807) is 42.7 Å². The Morgan fingerprint density at radius 2 is 1.88 bits per heavy atom. The van der Waals surface area contributed by atoms with Crippen molar-refractivity contribution < 1.29 is 28.7 Å². The van der Waals surface area contributed by atoms with Gasteiger partial charge in [0.2, 0.25) is 5.91 Å². The summed E-state index contributed by atoms with van der Waals surface area (Å²) in [5.41, 5.74) is 6.92. The molecule has 168 valence electrons. The van der Waals surface area contributed by atoms with Gasteiger partial charge in [0, 0.05) is 29.6 Å². The molecule has 3 N–H and O–H groups in total. The van der Waals surface area contributed by atoms with Crippen LogP contribution in [0.25, 0.3) is 11.0 Å². The second kappa shape index (κ2) is 9.84. The summed E-state index contributed by atoms with van der Waals surface area (Å²) in [6.45, 7) is 0.237. The van der Waals surface area contributed by atoms with Crippen molar-refractivity contribution >= 4 is 22.8 Å². The number of rotatable bonds is 9. The lowest BCUT2D eigenvalue weighted by Crippen LogP contribution is -2.31. The van der Waals surface area contributed by atoms with Crippen LogP contribution in [0.3, 0.4) is 0 Å². The number of aromatic nitrogens is 1. The van der Waals surface area contributed by atoms with Gasteiger partial charge in [0.05, 0.1) is 11.9 Å².